The monoisotopic (exact) mass is 255 g/mol. The van der Waals surface area contributed by atoms with E-state index in [0.717, 1.165) is 12.1 Å². The van der Waals surface area contributed by atoms with Gasteiger partial charge in [-0.2, -0.15) is 0 Å². The maximum absolute atomic E-state index is 2.76. The Balaban J connectivity index is 0.000000771. The number of hydrogen-bond donors (Lipinski definition) is 0. The van der Waals surface area contributed by atoms with Crippen LogP contribution in [0.4, 0.5) is 0 Å². The summed E-state index contributed by atoms with van der Waals surface area (Å²) in [6.45, 7) is 16.3. The molecule has 3 heteroatoms. The van der Waals surface area contributed by atoms with Gasteiger partial charge in [-0.15, -0.1) is 0 Å². The molecular formula is C15H33N3. The van der Waals surface area contributed by atoms with E-state index >= 15 is 0 Å². The van der Waals surface area contributed by atoms with Crippen LogP contribution in [0.15, 0.2) is 0 Å². The number of hydrogen-bond acceptors (Lipinski definition) is 3. The molecule has 18 heavy (non-hydrogen) atoms. The Hall–Kier alpha value is -0.120. The lowest BCUT2D eigenvalue weighted by Crippen LogP contribution is -2.57. The second-order valence-corrected chi connectivity index (χ2v) is 5.51. The molecule has 2 fully saturated rings. The molecule has 0 aromatic heterocycles. The second-order valence-electron chi connectivity index (χ2n) is 5.51. The first-order valence-electron chi connectivity index (χ1n) is 7.87. The fourth-order valence-corrected chi connectivity index (χ4v) is 3.20. The lowest BCUT2D eigenvalue weighted by Gasteiger charge is -2.46. The largest absolute Gasteiger partial charge is 0.306 e. The van der Waals surface area contributed by atoms with Crippen LogP contribution in [-0.4, -0.2) is 73.1 Å². The highest BCUT2D eigenvalue weighted by Gasteiger charge is 2.30. The van der Waals surface area contributed by atoms with Crippen molar-refractivity contribution in [2.45, 2.75) is 52.6 Å². The zero-order valence-corrected chi connectivity index (χ0v) is 13.2. The summed E-state index contributed by atoms with van der Waals surface area (Å²) in [6, 6.07) is 1.60. The van der Waals surface area contributed by atoms with Gasteiger partial charge in [0.25, 0.3) is 0 Å². The Morgan fingerprint density at radius 3 is 2.11 bits per heavy atom. The highest BCUT2D eigenvalue weighted by Crippen LogP contribution is 2.20. The zero-order chi connectivity index (χ0) is 13.5. The van der Waals surface area contributed by atoms with Gasteiger partial charge >= 0.3 is 0 Å². The van der Waals surface area contributed by atoms with Crippen molar-refractivity contribution in [3.05, 3.63) is 0 Å². The van der Waals surface area contributed by atoms with Gasteiger partial charge in [0, 0.05) is 31.7 Å². The predicted molar refractivity (Wildman–Crippen MR) is 80.1 cm³/mol. The van der Waals surface area contributed by atoms with Crippen LogP contribution < -0.4 is 0 Å². The van der Waals surface area contributed by atoms with Crippen molar-refractivity contribution < 1.29 is 0 Å². The van der Waals surface area contributed by atoms with Crippen molar-refractivity contribution in [2.24, 2.45) is 0 Å². The first-order chi connectivity index (χ1) is 8.70. The summed E-state index contributed by atoms with van der Waals surface area (Å²) < 4.78 is 0. The van der Waals surface area contributed by atoms with E-state index in [0.29, 0.717) is 0 Å². The molecule has 2 rings (SSSR count). The van der Waals surface area contributed by atoms with E-state index in [1.165, 1.54) is 52.1 Å². The van der Waals surface area contributed by atoms with Crippen molar-refractivity contribution in [1.29, 1.82) is 0 Å². The quantitative estimate of drug-likeness (QED) is 0.748. The summed E-state index contributed by atoms with van der Waals surface area (Å²) >= 11 is 0. The van der Waals surface area contributed by atoms with E-state index in [4.69, 9.17) is 0 Å². The average Bonchev–Trinajstić information content (AvgIpc) is 2.42. The minimum Gasteiger partial charge on any atom is -0.306 e. The maximum Gasteiger partial charge on any atom is 0.0198 e. The molecule has 0 unspecified atom stereocenters. The number of likely N-dealkylation sites (N-methyl/N-ethyl adjacent to an activating group) is 1. The second kappa shape index (κ2) is 8.13. The Kier molecular flexibility index (Phi) is 7.20. The number of likely N-dealkylation sites (tertiary alicyclic amines) is 1. The molecule has 0 radical (unpaired) electrons. The third-order valence-corrected chi connectivity index (χ3v) is 4.37. The molecule has 3 nitrogen and oxygen atoms in total. The minimum atomic E-state index is 0.752. The molecule has 0 saturated carbocycles. The average molecular weight is 255 g/mol. The van der Waals surface area contributed by atoms with Crippen molar-refractivity contribution >= 4 is 0 Å². The SMILES string of the molecule is CC.CCN1CCN(C2CCN(C)CC2)[C@@H](C)C1. The van der Waals surface area contributed by atoms with Crippen molar-refractivity contribution in [1.82, 2.24) is 14.7 Å². The fourth-order valence-electron chi connectivity index (χ4n) is 3.20. The van der Waals surface area contributed by atoms with Gasteiger partial charge in [0.1, 0.15) is 0 Å². The molecule has 2 heterocycles. The van der Waals surface area contributed by atoms with Crippen LogP contribution in [0.25, 0.3) is 0 Å². The van der Waals surface area contributed by atoms with Crippen LogP contribution in [0.3, 0.4) is 0 Å². The topological polar surface area (TPSA) is 9.72 Å². The van der Waals surface area contributed by atoms with Gasteiger partial charge in [-0.05, 0) is 46.4 Å². The van der Waals surface area contributed by atoms with Gasteiger partial charge < -0.3 is 9.80 Å². The summed E-state index contributed by atoms with van der Waals surface area (Å²) in [5.74, 6) is 0. The van der Waals surface area contributed by atoms with Gasteiger partial charge in [0.05, 0.1) is 0 Å². The predicted octanol–water partition coefficient (Wildman–Crippen LogP) is 2.13. The van der Waals surface area contributed by atoms with E-state index in [1.54, 1.807) is 0 Å². The molecule has 0 aromatic carbocycles. The molecule has 2 aliphatic rings. The number of rotatable bonds is 2. The molecule has 2 saturated heterocycles. The number of piperazine rings is 1. The van der Waals surface area contributed by atoms with Crippen LogP contribution in [0.5, 0.6) is 0 Å². The molecule has 0 spiro atoms. The normalized spacial score (nSPS) is 28.8. The Morgan fingerprint density at radius 2 is 1.61 bits per heavy atom. The smallest absolute Gasteiger partial charge is 0.0198 e. The van der Waals surface area contributed by atoms with Gasteiger partial charge in [0.15, 0.2) is 0 Å². The molecule has 0 aliphatic carbocycles. The van der Waals surface area contributed by atoms with Gasteiger partial charge in [-0.1, -0.05) is 20.8 Å². The van der Waals surface area contributed by atoms with Gasteiger partial charge in [-0.3, -0.25) is 4.90 Å². The fraction of sp³-hybridized carbons (Fsp3) is 1.00. The van der Waals surface area contributed by atoms with Crippen LogP contribution in [-0.2, 0) is 0 Å². The van der Waals surface area contributed by atoms with E-state index in [2.05, 4.69) is 35.6 Å². The van der Waals surface area contributed by atoms with Crippen molar-refractivity contribution in [2.75, 3.05) is 46.3 Å². The summed E-state index contributed by atoms with van der Waals surface area (Å²) in [5.41, 5.74) is 0. The molecule has 2 aliphatic heterocycles. The first-order valence-corrected chi connectivity index (χ1v) is 7.87. The molecule has 0 aromatic rings. The number of piperidine rings is 1. The number of nitrogens with zero attached hydrogens (tertiary/aromatic N) is 3. The summed E-state index contributed by atoms with van der Waals surface area (Å²) in [5, 5.41) is 0. The van der Waals surface area contributed by atoms with Crippen molar-refractivity contribution in [3.63, 3.8) is 0 Å². The molecular weight excluding hydrogens is 222 g/mol. The summed E-state index contributed by atoms with van der Waals surface area (Å²) in [7, 11) is 2.24. The van der Waals surface area contributed by atoms with E-state index in [9.17, 15) is 0 Å². The molecule has 0 amide bonds. The third-order valence-electron chi connectivity index (χ3n) is 4.37. The first kappa shape index (κ1) is 15.9. The molecule has 1 atom stereocenters. The standard InChI is InChI=1S/C13H27N3.C2H6/c1-4-15-9-10-16(12(2)11-15)13-5-7-14(3)8-6-13;1-2/h12-13H,4-11H2,1-3H3;1-2H3/t12-;/m0./s1. The van der Waals surface area contributed by atoms with E-state index < -0.39 is 0 Å². The Morgan fingerprint density at radius 1 is 1.00 bits per heavy atom. The van der Waals surface area contributed by atoms with E-state index in [1.807, 2.05) is 13.8 Å². The minimum absolute atomic E-state index is 0.752. The molecule has 0 bridgehead atoms. The van der Waals surface area contributed by atoms with Crippen LogP contribution in [0.2, 0.25) is 0 Å². The van der Waals surface area contributed by atoms with E-state index in [-0.39, 0.29) is 0 Å². The third kappa shape index (κ3) is 4.22. The maximum atomic E-state index is 2.76. The van der Waals surface area contributed by atoms with Crippen molar-refractivity contribution in [3.8, 4) is 0 Å². The molecule has 108 valence electrons. The summed E-state index contributed by atoms with van der Waals surface area (Å²) in [6.07, 6.45) is 2.74. The van der Waals surface area contributed by atoms with Crippen LogP contribution in [0.1, 0.15) is 40.5 Å². The molecule has 0 N–H and O–H groups in total. The van der Waals surface area contributed by atoms with Crippen LogP contribution >= 0.6 is 0 Å². The van der Waals surface area contributed by atoms with Gasteiger partial charge in [0.2, 0.25) is 0 Å². The highest BCUT2D eigenvalue weighted by molar-refractivity contribution is 4.86. The lowest BCUT2D eigenvalue weighted by molar-refractivity contribution is 0.0273. The van der Waals surface area contributed by atoms with Crippen LogP contribution in [0, 0.1) is 0 Å². The lowest BCUT2D eigenvalue weighted by atomic mass is 10.0. The summed E-state index contributed by atoms with van der Waals surface area (Å²) in [4.78, 5) is 7.80. The Labute approximate surface area is 114 Å². The Bertz CT molecular complexity index is 212. The van der Waals surface area contributed by atoms with Gasteiger partial charge in [-0.25, -0.2) is 0 Å². The zero-order valence-electron chi connectivity index (χ0n) is 13.2. The highest BCUT2D eigenvalue weighted by atomic mass is 15.3.